The zero-order chi connectivity index (χ0) is 8.23. The second-order valence-corrected chi connectivity index (χ2v) is 4.75. The molecule has 3 atom stereocenters. The third kappa shape index (κ3) is 0.565. The second-order valence-electron chi connectivity index (χ2n) is 4.75. The van der Waals surface area contributed by atoms with Crippen LogP contribution in [0.15, 0.2) is 0 Å². The lowest BCUT2D eigenvalue weighted by Crippen LogP contribution is -2.31. The first-order valence-electron chi connectivity index (χ1n) is 5.04. The Morgan fingerprint density at radius 2 is 2.33 bits per heavy atom. The van der Waals surface area contributed by atoms with Crippen molar-refractivity contribution in [2.45, 2.75) is 37.6 Å². The van der Waals surface area contributed by atoms with Crippen molar-refractivity contribution in [3.05, 3.63) is 0 Å². The van der Waals surface area contributed by atoms with Crippen LogP contribution in [0.3, 0.4) is 0 Å². The van der Waals surface area contributed by atoms with Crippen molar-refractivity contribution in [1.29, 1.82) is 0 Å². The molecule has 1 aliphatic heterocycles. The van der Waals surface area contributed by atoms with Crippen LogP contribution in [0, 0.1) is 11.3 Å². The maximum Gasteiger partial charge on any atom is 0.140 e. The van der Waals surface area contributed by atoms with Crippen LogP contribution < -0.4 is 5.32 Å². The largest absolute Gasteiger partial charge is 0.304 e. The van der Waals surface area contributed by atoms with Gasteiger partial charge in [0.2, 0.25) is 0 Å². The van der Waals surface area contributed by atoms with Crippen molar-refractivity contribution < 1.29 is 4.79 Å². The number of piperidine rings is 1. The molecule has 2 saturated carbocycles. The molecule has 0 aromatic carbocycles. The maximum absolute atomic E-state index is 11.0. The minimum absolute atomic E-state index is 0.0575. The molecular formula is C10H15NO. The van der Waals surface area contributed by atoms with Gasteiger partial charge >= 0.3 is 0 Å². The molecule has 12 heavy (non-hydrogen) atoms. The zero-order valence-corrected chi connectivity index (χ0v) is 7.31. The predicted octanol–water partition coefficient (Wildman–Crippen LogP) is 1.11. The quantitative estimate of drug-likeness (QED) is 0.590. The van der Waals surface area contributed by atoms with E-state index >= 15 is 0 Å². The molecule has 0 aromatic heterocycles. The smallest absolute Gasteiger partial charge is 0.140 e. The standard InChI is InChI=1S/C10H15NO/c12-7-10-6-9(10)4-2-1-3-8(9)5-11-10/h7-8,11H,1-6H2. The summed E-state index contributed by atoms with van der Waals surface area (Å²) in [4.78, 5) is 11.0. The molecule has 66 valence electrons. The SMILES string of the molecule is O=CC12CC13CCCCC3CN2. The highest BCUT2D eigenvalue weighted by Gasteiger charge is 2.74. The van der Waals surface area contributed by atoms with E-state index in [1.807, 2.05) is 0 Å². The first kappa shape index (κ1) is 7.07. The van der Waals surface area contributed by atoms with Gasteiger partial charge in [-0.2, -0.15) is 0 Å². The van der Waals surface area contributed by atoms with Gasteiger partial charge in [-0.05, 0) is 31.7 Å². The van der Waals surface area contributed by atoms with Gasteiger partial charge in [0, 0.05) is 5.41 Å². The van der Waals surface area contributed by atoms with Gasteiger partial charge in [0.25, 0.3) is 0 Å². The molecule has 0 radical (unpaired) electrons. The van der Waals surface area contributed by atoms with Crippen molar-refractivity contribution in [2.75, 3.05) is 6.54 Å². The fourth-order valence-electron chi connectivity index (χ4n) is 3.63. The van der Waals surface area contributed by atoms with Gasteiger partial charge in [0.1, 0.15) is 6.29 Å². The summed E-state index contributed by atoms with van der Waals surface area (Å²) in [5, 5.41) is 3.42. The number of nitrogens with one attached hydrogen (secondary N) is 1. The van der Waals surface area contributed by atoms with E-state index in [0.29, 0.717) is 5.41 Å². The van der Waals surface area contributed by atoms with E-state index in [1.165, 1.54) is 32.0 Å². The molecule has 3 rings (SSSR count). The number of carbonyl (C=O) groups excluding carboxylic acids is 1. The van der Waals surface area contributed by atoms with Crippen molar-refractivity contribution in [2.24, 2.45) is 11.3 Å². The van der Waals surface area contributed by atoms with Crippen molar-refractivity contribution in [3.8, 4) is 0 Å². The van der Waals surface area contributed by atoms with Crippen molar-refractivity contribution in [3.63, 3.8) is 0 Å². The molecule has 2 aliphatic carbocycles. The Bertz CT molecular complexity index is 240. The predicted molar refractivity (Wildman–Crippen MR) is 45.8 cm³/mol. The molecule has 1 N–H and O–H groups in total. The van der Waals surface area contributed by atoms with Gasteiger partial charge in [0.05, 0.1) is 5.54 Å². The minimum atomic E-state index is -0.0575. The van der Waals surface area contributed by atoms with Gasteiger partial charge in [-0.15, -0.1) is 0 Å². The van der Waals surface area contributed by atoms with Crippen LogP contribution in [0.2, 0.25) is 0 Å². The molecule has 3 fully saturated rings. The lowest BCUT2D eigenvalue weighted by molar-refractivity contribution is -0.110. The summed E-state index contributed by atoms with van der Waals surface area (Å²) in [5.41, 5.74) is 0.366. The van der Waals surface area contributed by atoms with E-state index in [9.17, 15) is 4.79 Å². The Balaban J connectivity index is 1.95. The average Bonchev–Trinajstić information content (AvgIpc) is 2.65. The third-order valence-electron chi connectivity index (χ3n) is 4.43. The molecule has 3 aliphatic rings. The Hall–Kier alpha value is -0.370. The van der Waals surface area contributed by atoms with Crippen LogP contribution >= 0.6 is 0 Å². The number of hydrogen-bond acceptors (Lipinski definition) is 2. The monoisotopic (exact) mass is 165 g/mol. The van der Waals surface area contributed by atoms with E-state index in [-0.39, 0.29) is 5.54 Å². The van der Waals surface area contributed by atoms with Gasteiger partial charge in [-0.25, -0.2) is 0 Å². The van der Waals surface area contributed by atoms with E-state index < -0.39 is 0 Å². The molecule has 0 amide bonds. The Kier molecular flexibility index (Phi) is 1.13. The summed E-state index contributed by atoms with van der Waals surface area (Å²) in [6, 6.07) is 0. The summed E-state index contributed by atoms with van der Waals surface area (Å²) < 4.78 is 0. The molecule has 1 spiro atoms. The normalized spacial score (nSPS) is 55.8. The Morgan fingerprint density at radius 3 is 3.08 bits per heavy atom. The maximum atomic E-state index is 11.0. The van der Waals surface area contributed by atoms with E-state index in [0.717, 1.165) is 18.9 Å². The van der Waals surface area contributed by atoms with Crippen LogP contribution in [0.4, 0.5) is 0 Å². The first-order valence-corrected chi connectivity index (χ1v) is 5.04. The Labute approximate surface area is 72.7 Å². The fourth-order valence-corrected chi connectivity index (χ4v) is 3.63. The number of aldehydes is 1. The Morgan fingerprint density at radius 1 is 1.42 bits per heavy atom. The lowest BCUT2D eigenvalue weighted by Gasteiger charge is -2.27. The van der Waals surface area contributed by atoms with Crippen molar-refractivity contribution in [1.82, 2.24) is 5.32 Å². The summed E-state index contributed by atoms with van der Waals surface area (Å²) in [5.74, 6) is 0.816. The van der Waals surface area contributed by atoms with E-state index in [4.69, 9.17) is 0 Å². The van der Waals surface area contributed by atoms with Crippen LogP contribution in [-0.4, -0.2) is 18.4 Å². The van der Waals surface area contributed by atoms with Crippen LogP contribution in [0.5, 0.6) is 0 Å². The topological polar surface area (TPSA) is 29.1 Å². The van der Waals surface area contributed by atoms with Gasteiger partial charge in [-0.1, -0.05) is 12.8 Å². The van der Waals surface area contributed by atoms with Gasteiger partial charge < -0.3 is 10.1 Å². The summed E-state index contributed by atoms with van der Waals surface area (Å²) in [6.45, 7) is 1.10. The molecule has 0 bridgehead atoms. The molecule has 1 heterocycles. The average molecular weight is 165 g/mol. The van der Waals surface area contributed by atoms with E-state index in [1.54, 1.807) is 0 Å². The molecular weight excluding hydrogens is 150 g/mol. The third-order valence-corrected chi connectivity index (χ3v) is 4.43. The second kappa shape index (κ2) is 1.92. The fraction of sp³-hybridized carbons (Fsp3) is 0.900. The van der Waals surface area contributed by atoms with Crippen LogP contribution in [0.25, 0.3) is 0 Å². The highest BCUT2D eigenvalue weighted by Crippen LogP contribution is 2.68. The lowest BCUT2D eigenvalue weighted by atomic mass is 9.76. The summed E-state index contributed by atoms with van der Waals surface area (Å²) in [6.07, 6.45) is 7.68. The van der Waals surface area contributed by atoms with Gasteiger partial charge in [-0.3, -0.25) is 0 Å². The van der Waals surface area contributed by atoms with Crippen LogP contribution in [-0.2, 0) is 4.79 Å². The summed E-state index contributed by atoms with van der Waals surface area (Å²) >= 11 is 0. The molecule has 1 saturated heterocycles. The van der Waals surface area contributed by atoms with E-state index in [2.05, 4.69) is 5.32 Å². The minimum Gasteiger partial charge on any atom is -0.304 e. The molecule has 2 nitrogen and oxygen atoms in total. The highest BCUT2D eigenvalue weighted by atomic mass is 16.1. The highest BCUT2D eigenvalue weighted by molar-refractivity contribution is 5.74. The van der Waals surface area contributed by atoms with Gasteiger partial charge in [0.15, 0.2) is 0 Å². The molecule has 0 aromatic rings. The molecule has 2 heteroatoms. The van der Waals surface area contributed by atoms with Crippen molar-refractivity contribution >= 4 is 6.29 Å². The van der Waals surface area contributed by atoms with Crippen LogP contribution in [0.1, 0.15) is 32.1 Å². The number of carbonyl (C=O) groups is 1. The summed E-state index contributed by atoms with van der Waals surface area (Å²) in [7, 11) is 0. The first-order chi connectivity index (χ1) is 5.83. The zero-order valence-electron chi connectivity index (χ0n) is 7.31. The molecule has 3 unspecified atom stereocenters. The number of hydrogen-bond donors (Lipinski definition) is 1. The number of rotatable bonds is 1.